The van der Waals surface area contributed by atoms with Crippen LogP contribution in [0, 0.1) is 5.92 Å². The van der Waals surface area contributed by atoms with E-state index < -0.39 is 5.72 Å². The van der Waals surface area contributed by atoms with E-state index in [2.05, 4.69) is 20.8 Å². The van der Waals surface area contributed by atoms with Crippen LogP contribution >= 0.6 is 0 Å². The van der Waals surface area contributed by atoms with Crippen molar-refractivity contribution in [2.75, 3.05) is 0 Å². The molecular weight excluding hydrogens is 186 g/mol. The Morgan fingerprint density at radius 3 is 2.13 bits per heavy atom. The number of nitrogens with two attached hydrogens (primary N) is 1. The molecule has 0 saturated carbocycles. The first-order valence-corrected chi connectivity index (χ1v) is 6.55. The van der Waals surface area contributed by atoms with E-state index in [1.54, 1.807) is 0 Å². The van der Waals surface area contributed by atoms with Gasteiger partial charge in [0.15, 0.2) is 0 Å². The summed E-state index contributed by atoms with van der Waals surface area (Å²) in [6.07, 6.45) is 8.84. The molecule has 0 spiro atoms. The maximum Gasteiger partial charge on any atom is 0.116 e. The van der Waals surface area contributed by atoms with Crippen molar-refractivity contribution in [3.05, 3.63) is 0 Å². The zero-order valence-electron chi connectivity index (χ0n) is 10.8. The van der Waals surface area contributed by atoms with Crippen molar-refractivity contribution in [1.29, 1.82) is 0 Å². The summed E-state index contributed by atoms with van der Waals surface area (Å²) in [6.45, 7) is 6.43. The first kappa shape index (κ1) is 14.9. The van der Waals surface area contributed by atoms with Crippen molar-refractivity contribution in [1.82, 2.24) is 0 Å². The fourth-order valence-electron chi connectivity index (χ4n) is 1.86. The van der Waals surface area contributed by atoms with Gasteiger partial charge in [-0.3, -0.25) is 0 Å². The minimum Gasteiger partial charge on any atom is -0.376 e. The molecule has 0 amide bonds. The quantitative estimate of drug-likeness (QED) is 0.457. The Morgan fingerprint density at radius 2 is 1.60 bits per heavy atom. The van der Waals surface area contributed by atoms with Crippen molar-refractivity contribution in [3.8, 4) is 0 Å². The molecule has 0 radical (unpaired) electrons. The van der Waals surface area contributed by atoms with E-state index in [0.29, 0.717) is 0 Å². The molecule has 92 valence electrons. The summed E-state index contributed by atoms with van der Waals surface area (Å²) in [6, 6.07) is 0. The fourth-order valence-corrected chi connectivity index (χ4v) is 1.86. The molecule has 2 atom stereocenters. The van der Waals surface area contributed by atoms with Crippen molar-refractivity contribution >= 4 is 0 Å². The zero-order valence-corrected chi connectivity index (χ0v) is 10.8. The minimum absolute atomic E-state index is 0.223. The molecule has 3 N–H and O–H groups in total. The van der Waals surface area contributed by atoms with Gasteiger partial charge in [-0.25, -0.2) is 0 Å². The highest BCUT2D eigenvalue weighted by atomic mass is 16.3. The first-order valence-electron chi connectivity index (χ1n) is 6.55. The Hall–Kier alpha value is -0.0800. The van der Waals surface area contributed by atoms with Crippen LogP contribution in [-0.2, 0) is 0 Å². The molecule has 1 unspecified atom stereocenters. The van der Waals surface area contributed by atoms with E-state index in [1.807, 2.05) is 0 Å². The van der Waals surface area contributed by atoms with Crippen LogP contribution in [0.1, 0.15) is 72.1 Å². The maximum absolute atomic E-state index is 10.1. The van der Waals surface area contributed by atoms with Gasteiger partial charge in [0.05, 0.1) is 0 Å². The van der Waals surface area contributed by atoms with Gasteiger partial charge in [-0.2, -0.15) is 0 Å². The lowest BCUT2D eigenvalue weighted by Gasteiger charge is -2.30. The standard InChI is InChI=1S/C13H29NO/c1-4-6-8-10-12(3)13(14,15)11-9-7-5-2/h12,15H,4-11,14H2,1-3H3/t12?,13-/m1/s1. The Balaban J connectivity index is 3.74. The van der Waals surface area contributed by atoms with Crippen LogP contribution in [0.3, 0.4) is 0 Å². The smallest absolute Gasteiger partial charge is 0.116 e. The molecule has 0 rings (SSSR count). The normalized spacial score (nSPS) is 17.4. The lowest BCUT2D eigenvalue weighted by molar-refractivity contribution is -0.0198. The van der Waals surface area contributed by atoms with Crippen LogP contribution < -0.4 is 5.73 Å². The van der Waals surface area contributed by atoms with Crippen molar-refractivity contribution in [2.45, 2.75) is 77.9 Å². The summed E-state index contributed by atoms with van der Waals surface area (Å²) < 4.78 is 0. The molecule has 0 aromatic heterocycles. The van der Waals surface area contributed by atoms with Crippen LogP contribution in [0.2, 0.25) is 0 Å². The molecule has 0 aliphatic heterocycles. The van der Waals surface area contributed by atoms with Crippen LogP contribution in [0.15, 0.2) is 0 Å². The summed E-state index contributed by atoms with van der Waals surface area (Å²) in [5.41, 5.74) is 5.00. The Kier molecular flexibility index (Phi) is 8.07. The second-order valence-electron chi connectivity index (χ2n) is 4.85. The summed E-state index contributed by atoms with van der Waals surface area (Å²) in [5.74, 6) is 0.223. The third kappa shape index (κ3) is 6.91. The van der Waals surface area contributed by atoms with E-state index in [9.17, 15) is 5.11 Å². The topological polar surface area (TPSA) is 46.2 Å². The molecular formula is C13H29NO. The van der Waals surface area contributed by atoms with Crippen molar-refractivity contribution in [3.63, 3.8) is 0 Å². The lowest BCUT2D eigenvalue weighted by atomic mass is 9.88. The number of unbranched alkanes of at least 4 members (excludes halogenated alkanes) is 4. The molecule has 2 nitrogen and oxygen atoms in total. The molecule has 0 bridgehead atoms. The molecule has 0 heterocycles. The third-order valence-corrected chi connectivity index (χ3v) is 3.27. The largest absolute Gasteiger partial charge is 0.376 e. The highest BCUT2D eigenvalue weighted by Crippen LogP contribution is 2.23. The molecule has 0 aliphatic carbocycles. The summed E-state index contributed by atoms with van der Waals surface area (Å²) in [7, 11) is 0. The van der Waals surface area contributed by atoms with Gasteiger partial charge >= 0.3 is 0 Å². The van der Waals surface area contributed by atoms with Gasteiger partial charge in [0.1, 0.15) is 5.72 Å². The number of rotatable bonds is 9. The summed E-state index contributed by atoms with van der Waals surface area (Å²) in [5, 5.41) is 10.1. The SMILES string of the molecule is CCCCCC(C)[C@](N)(O)CCCCC. The van der Waals surface area contributed by atoms with Crippen LogP contribution in [0.4, 0.5) is 0 Å². The van der Waals surface area contributed by atoms with Gasteiger partial charge in [-0.1, -0.05) is 52.9 Å². The average Bonchev–Trinajstić information content (AvgIpc) is 2.18. The van der Waals surface area contributed by atoms with Crippen molar-refractivity contribution in [2.24, 2.45) is 11.7 Å². The van der Waals surface area contributed by atoms with Gasteiger partial charge in [-0.05, 0) is 25.2 Å². The molecule has 0 saturated heterocycles. The Morgan fingerprint density at radius 1 is 1.07 bits per heavy atom. The van der Waals surface area contributed by atoms with Gasteiger partial charge in [-0.15, -0.1) is 0 Å². The number of hydrogen-bond donors (Lipinski definition) is 2. The number of hydrogen-bond acceptors (Lipinski definition) is 2. The molecule has 0 fully saturated rings. The van der Waals surface area contributed by atoms with E-state index >= 15 is 0 Å². The van der Waals surface area contributed by atoms with Crippen LogP contribution in [-0.4, -0.2) is 10.8 Å². The summed E-state index contributed by atoms with van der Waals surface area (Å²) in [4.78, 5) is 0. The highest BCUT2D eigenvalue weighted by Gasteiger charge is 2.27. The molecule has 15 heavy (non-hydrogen) atoms. The lowest BCUT2D eigenvalue weighted by Crippen LogP contribution is -2.45. The van der Waals surface area contributed by atoms with Gasteiger partial charge in [0.2, 0.25) is 0 Å². The highest BCUT2D eigenvalue weighted by molar-refractivity contribution is 4.77. The molecule has 0 aromatic rings. The average molecular weight is 215 g/mol. The summed E-state index contributed by atoms with van der Waals surface area (Å²) >= 11 is 0. The van der Waals surface area contributed by atoms with Crippen molar-refractivity contribution < 1.29 is 5.11 Å². The van der Waals surface area contributed by atoms with E-state index in [1.165, 1.54) is 32.1 Å². The predicted molar refractivity (Wildman–Crippen MR) is 66.6 cm³/mol. The van der Waals surface area contributed by atoms with Crippen LogP contribution in [0.5, 0.6) is 0 Å². The predicted octanol–water partition coefficient (Wildman–Crippen LogP) is 3.43. The molecule has 0 aromatic carbocycles. The second kappa shape index (κ2) is 8.12. The monoisotopic (exact) mass is 215 g/mol. The maximum atomic E-state index is 10.1. The Labute approximate surface area is 95.3 Å². The molecule has 0 aliphatic rings. The van der Waals surface area contributed by atoms with Gasteiger partial charge < -0.3 is 10.8 Å². The van der Waals surface area contributed by atoms with Gasteiger partial charge in [0, 0.05) is 0 Å². The van der Waals surface area contributed by atoms with E-state index in [0.717, 1.165) is 19.3 Å². The number of aliphatic hydroxyl groups is 1. The molecule has 2 heteroatoms. The first-order chi connectivity index (χ1) is 7.04. The third-order valence-electron chi connectivity index (χ3n) is 3.27. The second-order valence-corrected chi connectivity index (χ2v) is 4.85. The van der Waals surface area contributed by atoms with E-state index in [-0.39, 0.29) is 5.92 Å². The van der Waals surface area contributed by atoms with Crippen LogP contribution in [0.25, 0.3) is 0 Å². The zero-order chi connectivity index (χ0) is 11.7. The minimum atomic E-state index is -0.942. The van der Waals surface area contributed by atoms with Gasteiger partial charge in [0.25, 0.3) is 0 Å². The van der Waals surface area contributed by atoms with E-state index in [4.69, 9.17) is 5.73 Å². The fraction of sp³-hybridized carbons (Fsp3) is 1.00. The Bertz CT molecular complexity index is 145.